The molecule has 0 aliphatic carbocycles. The third kappa shape index (κ3) is 4.45. The molecule has 0 radical (unpaired) electrons. The van der Waals surface area contributed by atoms with Crippen molar-refractivity contribution in [3.63, 3.8) is 0 Å². The van der Waals surface area contributed by atoms with E-state index in [1.807, 2.05) is 6.07 Å². The molecule has 23 heavy (non-hydrogen) atoms. The maximum Gasteiger partial charge on any atom is 0.310 e. The summed E-state index contributed by atoms with van der Waals surface area (Å²) >= 11 is 0. The van der Waals surface area contributed by atoms with Crippen molar-refractivity contribution >= 4 is 11.8 Å². The molecule has 0 saturated heterocycles. The van der Waals surface area contributed by atoms with Crippen LogP contribution in [-0.2, 0) is 16.0 Å². The molecule has 0 spiro atoms. The van der Waals surface area contributed by atoms with Crippen LogP contribution in [0.5, 0.6) is 5.75 Å². The molecule has 2 rings (SSSR count). The van der Waals surface area contributed by atoms with Crippen LogP contribution in [0.1, 0.15) is 11.1 Å². The van der Waals surface area contributed by atoms with Crippen LogP contribution >= 0.6 is 0 Å². The van der Waals surface area contributed by atoms with Crippen LogP contribution in [0.4, 0.5) is 5.82 Å². The van der Waals surface area contributed by atoms with E-state index in [-0.39, 0.29) is 11.7 Å². The maximum absolute atomic E-state index is 12.0. The van der Waals surface area contributed by atoms with Crippen molar-refractivity contribution < 1.29 is 14.6 Å². The first-order valence-electron chi connectivity index (χ1n) is 7.08. The summed E-state index contributed by atoms with van der Waals surface area (Å²) in [6, 6.07) is 12.0. The van der Waals surface area contributed by atoms with Gasteiger partial charge >= 0.3 is 5.97 Å². The fourth-order valence-electron chi connectivity index (χ4n) is 2.18. The molecule has 0 saturated carbocycles. The molecule has 0 fully saturated rings. The van der Waals surface area contributed by atoms with Crippen molar-refractivity contribution in [3.8, 4) is 11.8 Å². The topological polar surface area (TPSA) is 95.2 Å². The highest BCUT2D eigenvalue weighted by atomic mass is 16.5. The number of anilines is 1. The number of nitrogens with one attached hydrogen (secondary N) is 1. The van der Waals surface area contributed by atoms with Gasteiger partial charge in [0.25, 0.3) is 0 Å². The van der Waals surface area contributed by atoms with Gasteiger partial charge in [-0.3, -0.25) is 4.79 Å². The molecule has 6 nitrogen and oxygen atoms in total. The normalized spacial score (nSPS) is 11.3. The third-order valence-corrected chi connectivity index (χ3v) is 3.40. The second kappa shape index (κ2) is 7.80. The second-order valence-electron chi connectivity index (χ2n) is 4.98. The van der Waals surface area contributed by atoms with Gasteiger partial charge in [0, 0.05) is 12.7 Å². The largest absolute Gasteiger partial charge is 0.508 e. The predicted molar refractivity (Wildman–Crippen MR) is 84.8 cm³/mol. The minimum Gasteiger partial charge on any atom is -0.508 e. The van der Waals surface area contributed by atoms with Gasteiger partial charge in [0.2, 0.25) is 0 Å². The minimum atomic E-state index is -0.432. The summed E-state index contributed by atoms with van der Waals surface area (Å²) in [5, 5.41) is 21.4. The van der Waals surface area contributed by atoms with E-state index in [4.69, 9.17) is 10.00 Å². The first-order chi connectivity index (χ1) is 11.1. The van der Waals surface area contributed by atoms with Crippen LogP contribution in [0, 0.1) is 17.2 Å². The zero-order valence-electron chi connectivity index (χ0n) is 12.7. The number of aromatic nitrogens is 1. The number of phenolic OH excluding ortho intramolecular Hbond substituents is 1. The van der Waals surface area contributed by atoms with E-state index in [9.17, 15) is 9.90 Å². The van der Waals surface area contributed by atoms with Crippen LogP contribution in [0.25, 0.3) is 0 Å². The van der Waals surface area contributed by atoms with Crippen molar-refractivity contribution in [2.45, 2.75) is 6.42 Å². The Hall–Kier alpha value is -3.07. The summed E-state index contributed by atoms with van der Waals surface area (Å²) in [6.07, 6.45) is 2.03. The number of hydrogen-bond donors (Lipinski definition) is 2. The van der Waals surface area contributed by atoms with Gasteiger partial charge in [-0.25, -0.2) is 4.98 Å². The van der Waals surface area contributed by atoms with Gasteiger partial charge in [-0.05, 0) is 36.2 Å². The fraction of sp³-hybridized carbons (Fsp3) is 0.235. The van der Waals surface area contributed by atoms with E-state index in [0.29, 0.717) is 24.3 Å². The highest BCUT2D eigenvalue weighted by Gasteiger charge is 2.20. The molecule has 1 aromatic heterocycles. The Labute approximate surface area is 134 Å². The third-order valence-electron chi connectivity index (χ3n) is 3.40. The predicted octanol–water partition coefficient (Wildman–Crippen LogP) is 2.10. The molecule has 1 unspecified atom stereocenters. The molecule has 1 aromatic carbocycles. The molecule has 2 aromatic rings. The first-order valence-corrected chi connectivity index (χ1v) is 7.08. The Morgan fingerprint density at radius 2 is 2.13 bits per heavy atom. The average Bonchev–Trinajstić information content (AvgIpc) is 2.59. The van der Waals surface area contributed by atoms with Crippen molar-refractivity contribution in [2.24, 2.45) is 5.92 Å². The number of benzene rings is 1. The minimum absolute atomic E-state index is 0.175. The van der Waals surface area contributed by atoms with Gasteiger partial charge in [0.05, 0.1) is 18.6 Å². The number of methoxy groups -OCH3 is 1. The molecule has 6 heteroatoms. The summed E-state index contributed by atoms with van der Waals surface area (Å²) in [5.41, 5.74) is 1.32. The van der Waals surface area contributed by atoms with Gasteiger partial charge in [0.1, 0.15) is 17.6 Å². The van der Waals surface area contributed by atoms with Crippen molar-refractivity contribution in [1.29, 1.82) is 5.26 Å². The Kier molecular flexibility index (Phi) is 5.53. The Morgan fingerprint density at radius 1 is 1.39 bits per heavy atom. The number of carbonyl (C=O) groups is 1. The summed E-state index contributed by atoms with van der Waals surface area (Å²) < 4.78 is 4.84. The van der Waals surface area contributed by atoms with Gasteiger partial charge in [-0.2, -0.15) is 5.26 Å². The number of nitriles is 1. The van der Waals surface area contributed by atoms with Crippen LogP contribution in [-0.4, -0.2) is 29.7 Å². The van der Waals surface area contributed by atoms with E-state index in [0.717, 1.165) is 5.56 Å². The lowest BCUT2D eigenvalue weighted by atomic mass is 9.99. The zero-order chi connectivity index (χ0) is 16.7. The lowest BCUT2D eigenvalue weighted by Gasteiger charge is -2.16. The quantitative estimate of drug-likeness (QED) is 0.793. The lowest BCUT2D eigenvalue weighted by molar-refractivity contribution is -0.144. The number of hydrogen-bond acceptors (Lipinski definition) is 6. The monoisotopic (exact) mass is 311 g/mol. The smallest absolute Gasteiger partial charge is 0.310 e. The second-order valence-corrected chi connectivity index (χ2v) is 4.98. The Bertz CT molecular complexity index is 708. The molecule has 1 heterocycles. The maximum atomic E-state index is 12.0. The number of esters is 1. The molecule has 1 atom stereocenters. The van der Waals surface area contributed by atoms with Crippen LogP contribution in [0.3, 0.4) is 0 Å². The molecule has 118 valence electrons. The lowest BCUT2D eigenvalue weighted by Crippen LogP contribution is -2.27. The number of carbonyl (C=O) groups excluding carboxylic acids is 1. The van der Waals surface area contributed by atoms with Crippen LogP contribution in [0.15, 0.2) is 42.6 Å². The molecule has 0 amide bonds. The van der Waals surface area contributed by atoms with Crippen molar-refractivity contribution in [2.75, 3.05) is 19.0 Å². The summed E-state index contributed by atoms with van der Waals surface area (Å²) in [6.45, 7) is 0.291. The molecule has 2 N–H and O–H groups in total. The highest BCUT2D eigenvalue weighted by molar-refractivity contribution is 5.73. The summed E-state index contributed by atoms with van der Waals surface area (Å²) in [4.78, 5) is 16.1. The standard InChI is InChI=1S/C17H17N3O3/c1-23-17(22)14(9-12-4-6-15(21)7-5-12)11-20-16-13(10-18)3-2-8-19-16/h2-8,14,21H,9,11H2,1H3,(H,19,20). The Balaban J connectivity index is 2.08. The van der Waals surface area contributed by atoms with Crippen molar-refractivity contribution in [3.05, 3.63) is 53.7 Å². The van der Waals surface area contributed by atoms with E-state index in [1.165, 1.54) is 7.11 Å². The van der Waals surface area contributed by atoms with E-state index in [2.05, 4.69) is 10.3 Å². The molecule has 0 bridgehead atoms. The van der Waals surface area contributed by atoms with E-state index >= 15 is 0 Å². The first kappa shape index (κ1) is 16.3. The van der Waals surface area contributed by atoms with E-state index < -0.39 is 5.92 Å². The van der Waals surface area contributed by atoms with Gasteiger partial charge in [-0.15, -0.1) is 0 Å². The number of phenols is 1. The van der Waals surface area contributed by atoms with Gasteiger partial charge in [-0.1, -0.05) is 12.1 Å². The van der Waals surface area contributed by atoms with Crippen molar-refractivity contribution in [1.82, 2.24) is 4.98 Å². The van der Waals surface area contributed by atoms with Crippen LogP contribution < -0.4 is 5.32 Å². The number of aromatic hydroxyl groups is 1. The van der Waals surface area contributed by atoms with Gasteiger partial charge in [0.15, 0.2) is 0 Å². The Morgan fingerprint density at radius 3 is 2.78 bits per heavy atom. The molecular weight excluding hydrogens is 294 g/mol. The number of rotatable bonds is 6. The van der Waals surface area contributed by atoms with Crippen LogP contribution in [0.2, 0.25) is 0 Å². The highest BCUT2D eigenvalue weighted by Crippen LogP contribution is 2.16. The SMILES string of the molecule is COC(=O)C(CNc1ncccc1C#N)Cc1ccc(O)cc1. The molecule has 0 aliphatic heterocycles. The summed E-state index contributed by atoms with van der Waals surface area (Å²) in [5.74, 6) is -0.165. The average molecular weight is 311 g/mol. The fourth-order valence-corrected chi connectivity index (χ4v) is 2.18. The van der Waals surface area contributed by atoms with E-state index in [1.54, 1.807) is 42.6 Å². The number of ether oxygens (including phenoxy) is 1. The molecular formula is C17H17N3O3. The molecule has 0 aliphatic rings. The summed E-state index contributed by atoms with van der Waals surface area (Å²) in [7, 11) is 1.34. The number of nitrogens with zero attached hydrogens (tertiary/aromatic N) is 2. The van der Waals surface area contributed by atoms with Gasteiger partial charge < -0.3 is 15.2 Å². The zero-order valence-corrected chi connectivity index (χ0v) is 12.7. The number of pyridine rings is 1.